The van der Waals surface area contributed by atoms with Gasteiger partial charge in [-0.2, -0.15) is 0 Å². The van der Waals surface area contributed by atoms with Crippen molar-refractivity contribution < 1.29 is 19.1 Å². The lowest BCUT2D eigenvalue weighted by molar-refractivity contribution is 0.0972. The molecule has 0 spiro atoms. The third kappa shape index (κ3) is 4.76. The molecule has 0 atom stereocenters. The van der Waals surface area contributed by atoms with Gasteiger partial charge in [-0.05, 0) is 49.4 Å². The standard InChI is InChI=1S/C20H18ClN5O4/c1-2-30-13-7-8-14(15(21)9-13)19(28)25-11-3-5-12(6-4-11)26-20(29)17-16(18(22)27)23-10-24-17/h3-10H,2H2,1H3,(H2,22,27)(H,23,24)(H,25,28)(H,26,29). The number of nitrogens with zero attached hydrogens (tertiary/aromatic N) is 1. The van der Waals surface area contributed by atoms with Gasteiger partial charge in [-0.25, -0.2) is 4.98 Å². The molecule has 0 saturated carbocycles. The molecule has 1 heterocycles. The van der Waals surface area contributed by atoms with Gasteiger partial charge in [0, 0.05) is 11.4 Å². The maximum atomic E-state index is 12.5. The van der Waals surface area contributed by atoms with E-state index in [0.29, 0.717) is 29.3 Å². The maximum absolute atomic E-state index is 12.5. The number of H-pyrrole nitrogens is 1. The first kappa shape index (κ1) is 20.9. The van der Waals surface area contributed by atoms with Crippen LogP contribution in [0, 0.1) is 0 Å². The summed E-state index contributed by atoms with van der Waals surface area (Å²) in [5.41, 5.74) is 6.24. The number of primary amides is 1. The normalized spacial score (nSPS) is 10.3. The molecule has 0 bridgehead atoms. The maximum Gasteiger partial charge on any atom is 0.274 e. The largest absolute Gasteiger partial charge is 0.494 e. The number of hydrogen-bond donors (Lipinski definition) is 4. The van der Waals surface area contributed by atoms with Crippen LogP contribution in [-0.4, -0.2) is 34.3 Å². The van der Waals surface area contributed by atoms with E-state index in [9.17, 15) is 14.4 Å². The number of carbonyl (C=O) groups excluding carboxylic acids is 3. The number of rotatable bonds is 7. The highest BCUT2D eigenvalue weighted by Gasteiger charge is 2.18. The lowest BCUT2D eigenvalue weighted by atomic mass is 10.2. The summed E-state index contributed by atoms with van der Waals surface area (Å²) in [4.78, 5) is 42.3. The van der Waals surface area contributed by atoms with E-state index in [4.69, 9.17) is 22.1 Å². The first-order valence-corrected chi connectivity index (χ1v) is 9.25. The first-order valence-electron chi connectivity index (χ1n) is 8.87. The van der Waals surface area contributed by atoms with Crippen LogP contribution in [0.2, 0.25) is 5.02 Å². The molecule has 9 nitrogen and oxygen atoms in total. The zero-order valence-electron chi connectivity index (χ0n) is 15.9. The second-order valence-corrected chi connectivity index (χ2v) is 6.46. The Morgan fingerprint density at radius 2 is 1.70 bits per heavy atom. The van der Waals surface area contributed by atoms with E-state index in [1.54, 1.807) is 42.5 Å². The molecular formula is C20H18ClN5O4. The van der Waals surface area contributed by atoms with Gasteiger partial charge < -0.3 is 26.1 Å². The summed E-state index contributed by atoms with van der Waals surface area (Å²) >= 11 is 6.16. The predicted octanol–water partition coefficient (Wildman–Crippen LogP) is 3.07. The number of nitrogens with one attached hydrogen (secondary N) is 3. The van der Waals surface area contributed by atoms with Gasteiger partial charge in [-0.15, -0.1) is 0 Å². The Kier molecular flexibility index (Phi) is 6.33. The number of hydrogen-bond acceptors (Lipinski definition) is 5. The number of nitrogens with two attached hydrogens (primary N) is 1. The zero-order chi connectivity index (χ0) is 21.7. The number of benzene rings is 2. The molecule has 3 amide bonds. The Morgan fingerprint density at radius 1 is 1.07 bits per heavy atom. The highest BCUT2D eigenvalue weighted by Crippen LogP contribution is 2.24. The summed E-state index contributed by atoms with van der Waals surface area (Å²) in [6.45, 7) is 2.35. The number of anilines is 2. The highest BCUT2D eigenvalue weighted by molar-refractivity contribution is 6.34. The second kappa shape index (κ2) is 9.10. The van der Waals surface area contributed by atoms with Crippen molar-refractivity contribution in [3.05, 3.63) is 70.8 Å². The van der Waals surface area contributed by atoms with Gasteiger partial charge in [-0.3, -0.25) is 14.4 Å². The molecule has 154 valence electrons. The van der Waals surface area contributed by atoms with E-state index in [1.165, 1.54) is 6.33 Å². The predicted molar refractivity (Wildman–Crippen MR) is 112 cm³/mol. The SMILES string of the molecule is CCOc1ccc(C(=O)Nc2ccc(NC(=O)c3[nH]cnc3C(N)=O)cc2)c(Cl)c1. The molecule has 0 fully saturated rings. The topological polar surface area (TPSA) is 139 Å². The molecule has 0 radical (unpaired) electrons. The van der Waals surface area contributed by atoms with Crippen LogP contribution in [0.3, 0.4) is 0 Å². The zero-order valence-corrected chi connectivity index (χ0v) is 16.6. The number of amides is 3. The number of aromatic amines is 1. The summed E-state index contributed by atoms with van der Waals surface area (Å²) in [6.07, 6.45) is 1.21. The van der Waals surface area contributed by atoms with Crippen molar-refractivity contribution in [1.29, 1.82) is 0 Å². The number of halogens is 1. The van der Waals surface area contributed by atoms with E-state index >= 15 is 0 Å². The molecule has 5 N–H and O–H groups in total. The van der Waals surface area contributed by atoms with Crippen LogP contribution >= 0.6 is 11.6 Å². The molecule has 10 heteroatoms. The van der Waals surface area contributed by atoms with Gasteiger partial charge in [0.05, 0.1) is 23.5 Å². The fraction of sp³-hybridized carbons (Fsp3) is 0.100. The highest BCUT2D eigenvalue weighted by atomic mass is 35.5. The Labute approximate surface area is 176 Å². The second-order valence-electron chi connectivity index (χ2n) is 6.05. The molecule has 3 rings (SSSR count). The Morgan fingerprint density at radius 3 is 2.27 bits per heavy atom. The van der Waals surface area contributed by atoms with Crippen molar-refractivity contribution in [1.82, 2.24) is 9.97 Å². The molecular weight excluding hydrogens is 410 g/mol. The van der Waals surface area contributed by atoms with E-state index in [-0.39, 0.29) is 22.3 Å². The van der Waals surface area contributed by atoms with Crippen LogP contribution in [0.5, 0.6) is 5.75 Å². The van der Waals surface area contributed by atoms with Gasteiger partial charge in [0.1, 0.15) is 11.4 Å². The minimum absolute atomic E-state index is 0.0370. The van der Waals surface area contributed by atoms with E-state index in [0.717, 1.165) is 0 Å². The summed E-state index contributed by atoms with van der Waals surface area (Å²) in [7, 11) is 0. The smallest absolute Gasteiger partial charge is 0.274 e. The van der Waals surface area contributed by atoms with Crippen molar-refractivity contribution in [2.45, 2.75) is 6.92 Å². The van der Waals surface area contributed by atoms with E-state index < -0.39 is 11.8 Å². The van der Waals surface area contributed by atoms with Crippen LogP contribution in [0.4, 0.5) is 11.4 Å². The van der Waals surface area contributed by atoms with Crippen LogP contribution in [0.15, 0.2) is 48.8 Å². The molecule has 3 aromatic rings. The molecule has 0 aliphatic carbocycles. The van der Waals surface area contributed by atoms with Crippen molar-refractivity contribution in [3.8, 4) is 5.75 Å². The lowest BCUT2D eigenvalue weighted by Gasteiger charge is -2.10. The molecule has 30 heavy (non-hydrogen) atoms. The molecule has 0 unspecified atom stereocenters. The molecule has 0 aliphatic rings. The molecule has 0 saturated heterocycles. The van der Waals surface area contributed by atoms with E-state index in [1.807, 2.05) is 6.92 Å². The van der Waals surface area contributed by atoms with Gasteiger partial charge >= 0.3 is 0 Å². The quantitative estimate of drug-likeness (QED) is 0.458. The fourth-order valence-electron chi connectivity index (χ4n) is 2.62. The Balaban J connectivity index is 1.66. The minimum Gasteiger partial charge on any atom is -0.494 e. The van der Waals surface area contributed by atoms with Crippen molar-refractivity contribution in [2.24, 2.45) is 5.73 Å². The van der Waals surface area contributed by atoms with Gasteiger partial charge in [0.2, 0.25) is 0 Å². The van der Waals surface area contributed by atoms with Crippen LogP contribution in [-0.2, 0) is 0 Å². The summed E-state index contributed by atoms with van der Waals surface area (Å²) in [6, 6.07) is 11.2. The Bertz CT molecular complexity index is 1090. The van der Waals surface area contributed by atoms with Crippen LogP contribution < -0.4 is 21.1 Å². The fourth-order valence-corrected chi connectivity index (χ4v) is 2.88. The third-order valence-corrected chi connectivity index (χ3v) is 4.31. The van der Waals surface area contributed by atoms with Crippen molar-refractivity contribution >= 4 is 40.7 Å². The summed E-state index contributed by atoms with van der Waals surface area (Å²) in [5.74, 6) is -1.19. The minimum atomic E-state index is -0.813. The van der Waals surface area contributed by atoms with Gasteiger partial charge in [0.15, 0.2) is 5.69 Å². The number of carbonyl (C=O) groups is 3. The Hall–Kier alpha value is -3.85. The summed E-state index contributed by atoms with van der Waals surface area (Å²) < 4.78 is 5.35. The van der Waals surface area contributed by atoms with Gasteiger partial charge in [-0.1, -0.05) is 11.6 Å². The van der Waals surface area contributed by atoms with Crippen molar-refractivity contribution in [3.63, 3.8) is 0 Å². The average molecular weight is 428 g/mol. The molecule has 2 aromatic carbocycles. The summed E-state index contributed by atoms with van der Waals surface area (Å²) in [5, 5.41) is 5.61. The monoisotopic (exact) mass is 427 g/mol. The van der Waals surface area contributed by atoms with Crippen molar-refractivity contribution in [2.75, 3.05) is 17.2 Å². The number of imidazole rings is 1. The third-order valence-electron chi connectivity index (χ3n) is 4.00. The van der Waals surface area contributed by atoms with E-state index in [2.05, 4.69) is 20.6 Å². The number of aromatic nitrogens is 2. The van der Waals surface area contributed by atoms with Gasteiger partial charge in [0.25, 0.3) is 17.7 Å². The average Bonchev–Trinajstić information content (AvgIpc) is 3.20. The molecule has 1 aromatic heterocycles. The first-order chi connectivity index (χ1) is 14.4. The number of ether oxygens (including phenoxy) is 1. The van der Waals surface area contributed by atoms with Crippen LogP contribution in [0.1, 0.15) is 38.3 Å². The lowest BCUT2D eigenvalue weighted by Crippen LogP contribution is -2.20. The van der Waals surface area contributed by atoms with Crippen LogP contribution in [0.25, 0.3) is 0 Å². The molecule has 0 aliphatic heterocycles.